The Morgan fingerprint density at radius 1 is 1.35 bits per heavy atom. The number of carbonyl (C=O) groups is 1. The summed E-state index contributed by atoms with van der Waals surface area (Å²) in [5, 5.41) is 3.93. The average molecular weight is 403 g/mol. The molecule has 1 unspecified atom stereocenters. The lowest BCUT2D eigenvalue weighted by Gasteiger charge is -2.35. The molecular weight excluding hydrogens is 379 g/mol. The highest BCUT2D eigenvalue weighted by Crippen LogP contribution is 2.26. The van der Waals surface area contributed by atoms with Crippen molar-refractivity contribution < 1.29 is 14.3 Å². The normalized spacial score (nSPS) is 20.5. The van der Waals surface area contributed by atoms with Gasteiger partial charge >= 0.3 is 6.03 Å². The Morgan fingerprint density at radius 2 is 2.15 bits per heavy atom. The second kappa shape index (κ2) is 9.60. The van der Waals surface area contributed by atoms with Gasteiger partial charge in [0.25, 0.3) is 0 Å². The van der Waals surface area contributed by atoms with Gasteiger partial charge in [0.15, 0.2) is 0 Å². The number of nitrogens with zero attached hydrogens (tertiary/aromatic N) is 3. The van der Waals surface area contributed by atoms with E-state index in [0.29, 0.717) is 61.8 Å². The Morgan fingerprint density at radius 3 is 2.85 bits per heavy atom. The summed E-state index contributed by atoms with van der Waals surface area (Å²) in [6.07, 6.45) is 3.96. The van der Waals surface area contributed by atoms with Crippen molar-refractivity contribution in [2.75, 3.05) is 57.4 Å². The summed E-state index contributed by atoms with van der Waals surface area (Å²) in [7, 11) is 0. The van der Waals surface area contributed by atoms with Crippen LogP contribution in [0.4, 0.5) is 10.6 Å². The predicted molar refractivity (Wildman–Crippen MR) is 101 cm³/mol. The van der Waals surface area contributed by atoms with E-state index in [-0.39, 0.29) is 12.1 Å². The van der Waals surface area contributed by atoms with E-state index in [9.17, 15) is 4.79 Å². The van der Waals surface area contributed by atoms with Gasteiger partial charge < -0.3 is 24.6 Å². The summed E-state index contributed by atoms with van der Waals surface area (Å²) in [5.41, 5.74) is 0. The number of urea groups is 1. The quantitative estimate of drug-likeness (QED) is 0.739. The fraction of sp³-hybridized carbons (Fsp3) is 0.647. The summed E-state index contributed by atoms with van der Waals surface area (Å²) in [4.78, 5) is 20.4. The first kappa shape index (κ1) is 19.5. The lowest BCUT2D eigenvalue weighted by atomic mass is 10.2. The van der Waals surface area contributed by atoms with Gasteiger partial charge in [-0.25, -0.2) is 9.78 Å². The van der Waals surface area contributed by atoms with Crippen LogP contribution < -0.4 is 10.2 Å². The Hall–Kier alpha value is -1.28. The van der Waals surface area contributed by atoms with E-state index in [0.717, 1.165) is 19.4 Å². The topological polar surface area (TPSA) is 66.9 Å². The highest BCUT2D eigenvalue weighted by Gasteiger charge is 2.23. The van der Waals surface area contributed by atoms with Crippen LogP contribution in [0.1, 0.15) is 12.8 Å². The third-order valence-corrected chi connectivity index (χ3v) is 4.99. The Balaban J connectivity index is 1.34. The van der Waals surface area contributed by atoms with Crippen LogP contribution in [0, 0.1) is 0 Å². The van der Waals surface area contributed by atoms with Crippen molar-refractivity contribution in [3.63, 3.8) is 0 Å². The van der Waals surface area contributed by atoms with Crippen LogP contribution in [-0.2, 0) is 9.47 Å². The molecule has 0 bridgehead atoms. The molecular formula is C17H24Cl2N4O3. The number of aromatic nitrogens is 1. The van der Waals surface area contributed by atoms with Gasteiger partial charge in [-0.2, -0.15) is 0 Å². The van der Waals surface area contributed by atoms with E-state index in [2.05, 4.69) is 15.2 Å². The van der Waals surface area contributed by atoms with Crippen LogP contribution in [0.15, 0.2) is 12.3 Å². The van der Waals surface area contributed by atoms with Gasteiger partial charge in [-0.15, -0.1) is 0 Å². The van der Waals surface area contributed by atoms with Crippen molar-refractivity contribution in [1.82, 2.24) is 15.2 Å². The number of piperazine rings is 1. The molecule has 2 saturated heterocycles. The molecule has 2 fully saturated rings. The third-order valence-electron chi connectivity index (χ3n) is 4.51. The predicted octanol–water partition coefficient (Wildman–Crippen LogP) is 2.42. The van der Waals surface area contributed by atoms with Crippen molar-refractivity contribution >= 4 is 35.1 Å². The number of hydrogen-bond donors (Lipinski definition) is 1. The van der Waals surface area contributed by atoms with Crippen molar-refractivity contribution in [2.24, 2.45) is 0 Å². The van der Waals surface area contributed by atoms with Gasteiger partial charge in [-0.3, -0.25) is 0 Å². The van der Waals surface area contributed by atoms with E-state index >= 15 is 0 Å². The maximum atomic E-state index is 12.2. The summed E-state index contributed by atoms with van der Waals surface area (Å²) in [6.45, 7) is 5.00. The van der Waals surface area contributed by atoms with Crippen LogP contribution in [0.5, 0.6) is 0 Å². The molecule has 1 aromatic heterocycles. The van der Waals surface area contributed by atoms with Gasteiger partial charge in [-0.05, 0) is 18.9 Å². The number of rotatable bonds is 6. The number of pyridine rings is 1. The second-order valence-corrected chi connectivity index (χ2v) is 7.22. The molecule has 3 rings (SSSR count). The fourth-order valence-electron chi connectivity index (χ4n) is 3.09. The monoisotopic (exact) mass is 402 g/mol. The molecule has 1 aromatic rings. The first-order valence-corrected chi connectivity index (χ1v) is 9.67. The van der Waals surface area contributed by atoms with Gasteiger partial charge in [-0.1, -0.05) is 23.2 Å². The van der Waals surface area contributed by atoms with Gasteiger partial charge in [0.1, 0.15) is 5.82 Å². The third kappa shape index (κ3) is 5.36. The highest BCUT2D eigenvalue weighted by atomic mass is 35.5. The van der Waals surface area contributed by atoms with E-state index in [1.165, 1.54) is 0 Å². The maximum absolute atomic E-state index is 12.2. The summed E-state index contributed by atoms with van der Waals surface area (Å²) < 4.78 is 11.0. The molecule has 1 N–H and O–H groups in total. The van der Waals surface area contributed by atoms with Crippen molar-refractivity contribution in [1.29, 1.82) is 0 Å². The molecule has 1 atom stereocenters. The van der Waals surface area contributed by atoms with E-state index in [1.807, 2.05) is 0 Å². The molecule has 26 heavy (non-hydrogen) atoms. The SMILES string of the molecule is O=C(NCCOCC1CCCO1)N1CCN(c2ncc(Cl)cc2Cl)CC1. The van der Waals surface area contributed by atoms with E-state index in [4.69, 9.17) is 32.7 Å². The maximum Gasteiger partial charge on any atom is 0.317 e. The smallest absolute Gasteiger partial charge is 0.317 e. The minimum absolute atomic E-state index is 0.0690. The minimum Gasteiger partial charge on any atom is -0.377 e. The average Bonchev–Trinajstić information content (AvgIpc) is 3.15. The van der Waals surface area contributed by atoms with E-state index < -0.39 is 0 Å². The molecule has 7 nitrogen and oxygen atoms in total. The molecule has 0 aromatic carbocycles. The van der Waals surface area contributed by atoms with Crippen molar-refractivity contribution in [3.8, 4) is 0 Å². The number of ether oxygens (including phenoxy) is 2. The summed E-state index contributed by atoms with van der Waals surface area (Å²) >= 11 is 12.1. The Labute approximate surface area is 163 Å². The Kier molecular flexibility index (Phi) is 7.19. The first-order valence-electron chi connectivity index (χ1n) is 8.91. The lowest BCUT2D eigenvalue weighted by Crippen LogP contribution is -2.52. The fourth-order valence-corrected chi connectivity index (χ4v) is 3.59. The molecule has 3 heterocycles. The molecule has 0 saturated carbocycles. The van der Waals surface area contributed by atoms with Gasteiger partial charge in [0, 0.05) is 45.5 Å². The van der Waals surface area contributed by atoms with Crippen LogP contribution in [0.2, 0.25) is 10.0 Å². The largest absolute Gasteiger partial charge is 0.377 e. The second-order valence-electron chi connectivity index (χ2n) is 6.37. The summed E-state index contributed by atoms with van der Waals surface area (Å²) in [6, 6.07) is 1.61. The molecule has 2 aliphatic heterocycles. The molecule has 9 heteroatoms. The summed E-state index contributed by atoms with van der Waals surface area (Å²) in [5.74, 6) is 0.707. The number of amides is 2. The Bertz CT molecular complexity index is 606. The number of nitrogens with one attached hydrogen (secondary N) is 1. The molecule has 0 radical (unpaired) electrons. The number of anilines is 1. The zero-order valence-electron chi connectivity index (χ0n) is 14.6. The van der Waals surface area contributed by atoms with Gasteiger partial charge in [0.05, 0.1) is 29.4 Å². The highest BCUT2D eigenvalue weighted by molar-refractivity contribution is 6.36. The van der Waals surface area contributed by atoms with E-state index in [1.54, 1.807) is 17.2 Å². The molecule has 2 aliphatic rings. The van der Waals surface area contributed by atoms with Crippen LogP contribution in [-0.4, -0.2) is 74.6 Å². The number of halogens is 2. The molecule has 0 aliphatic carbocycles. The van der Waals surface area contributed by atoms with Gasteiger partial charge in [0.2, 0.25) is 0 Å². The number of hydrogen-bond acceptors (Lipinski definition) is 5. The van der Waals surface area contributed by atoms with Crippen molar-refractivity contribution in [3.05, 3.63) is 22.3 Å². The first-order chi connectivity index (χ1) is 12.6. The van der Waals surface area contributed by atoms with Crippen LogP contribution >= 0.6 is 23.2 Å². The molecule has 0 spiro atoms. The number of carbonyl (C=O) groups excluding carboxylic acids is 1. The van der Waals surface area contributed by atoms with Crippen molar-refractivity contribution in [2.45, 2.75) is 18.9 Å². The molecule has 144 valence electrons. The zero-order valence-corrected chi connectivity index (χ0v) is 16.1. The lowest BCUT2D eigenvalue weighted by molar-refractivity contribution is 0.0186. The van der Waals surface area contributed by atoms with Crippen LogP contribution in [0.25, 0.3) is 0 Å². The zero-order chi connectivity index (χ0) is 18.4. The molecule has 2 amide bonds. The van der Waals surface area contributed by atoms with Crippen LogP contribution in [0.3, 0.4) is 0 Å². The standard InChI is InChI=1S/C17H24Cl2N4O3/c18-13-10-15(19)16(21-11-13)22-4-6-23(7-5-22)17(24)20-3-9-25-12-14-2-1-8-26-14/h10-11,14H,1-9,12H2,(H,20,24). The minimum atomic E-state index is -0.0690.